The topological polar surface area (TPSA) is 50.4 Å². The van der Waals surface area contributed by atoms with E-state index in [-0.39, 0.29) is 0 Å². The van der Waals surface area contributed by atoms with Crippen LogP contribution < -0.4 is 14.4 Å². The van der Waals surface area contributed by atoms with Gasteiger partial charge >= 0.3 is 0 Å². The van der Waals surface area contributed by atoms with Crippen LogP contribution in [0.15, 0.2) is 48.5 Å². The fraction of sp³-hybridized carbons (Fsp3) is 0.235. The number of methoxy groups -OCH3 is 1. The molecule has 5 heteroatoms. The fourth-order valence-electron chi connectivity index (χ4n) is 2.26. The number of ether oxygens (including phenoxy) is 2. The first kappa shape index (κ1) is 14.3. The van der Waals surface area contributed by atoms with Crippen molar-refractivity contribution in [2.24, 2.45) is 0 Å². The van der Waals surface area contributed by atoms with Crippen molar-refractivity contribution in [2.45, 2.75) is 0 Å². The maximum Gasteiger partial charge on any atom is 0.203 e. The molecule has 0 saturated heterocycles. The molecular weight excluding hydrogens is 278 g/mol. The van der Waals surface area contributed by atoms with Gasteiger partial charge in [0.1, 0.15) is 6.61 Å². The number of nitrogens with zero attached hydrogens (tertiary/aromatic N) is 2. The number of imidazole rings is 1. The molecule has 1 N–H and O–H groups in total. The highest BCUT2D eigenvalue weighted by Crippen LogP contribution is 2.25. The van der Waals surface area contributed by atoms with Gasteiger partial charge in [0.15, 0.2) is 11.5 Å². The van der Waals surface area contributed by atoms with Crippen LogP contribution in [-0.2, 0) is 0 Å². The molecule has 2 aromatic carbocycles. The van der Waals surface area contributed by atoms with Crippen LogP contribution in [0.4, 0.5) is 5.95 Å². The molecule has 0 aliphatic heterocycles. The summed E-state index contributed by atoms with van der Waals surface area (Å²) in [7, 11) is 3.63. The molecule has 0 saturated carbocycles. The number of fused-ring (bicyclic) bond motifs is 1. The summed E-state index contributed by atoms with van der Waals surface area (Å²) in [6.45, 7) is 1.27. The summed E-state index contributed by atoms with van der Waals surface area (Å²) in [4.78, 5) is 9.90. The molecule has 0 aliphatic rings. The lowest BCUT2D eigenvalue weighted by atomic mass is 10.3. The zero-order valence-electron chi connectivity index (χ0n) is 12.7. The first-order chi connectivity index (χ1) is 10.8. The summed E-state index contributed by atoms with van der Waals surface area (Å²) in [6, 6.07) is 15.6. The quantitative estimate of drug-likeness (QED) is 0.759. The number of aromatic amines is 1. The summed E-state index contributed by atoms with van der Waals surface area (Å²) < 4.78 is 11.1. The van der Waals surface area contributed by atoms with Gasteiger partial charge in [0, 0.05) is 7.05 Å². The molecule has 0 amide bonds. The van der Waals surface area contributed by atoms with Crippen LogP contribution in [0, 0.1) is 0 Å². The lowest BCUT2D eigenvalue weighted by molar-refractivity contribution is 0.300. The Kier molecular flexibility index (Phi) is 4.14. The van der Waals surface area contributed by atoms with E-state index in [1.807, 2.05) is 60.5 Å². The van der Waals surface area contributed by atoms with Gasteiger partial charge in [-0.3, -0.25) is 0 Å². The predicted molar refractivity (Wildman–Crippen MR) is 87.9 cm³/mol. The van der Waals surface area contributed by atoms with Crippen molar-refractivity contribution >= 4 is 17.0 Å². The molecule has 0 fully saturated rings. The number of anilines is 1. The van der Waals surface area contributed by atoms with Gasteiger partial charge in [0.25, 0.3) is 0 Å². The Balaban J connectivity index is 1.61. The number of H-pyrrole nitrogens is 1. The number of hydrogen-bond donors (Lipinski definition) is 1. The Labute approximate surface area is 129 Å². The monoisotopic (exact) mass is 297 g/mol. The normalized spacial score (nSPS) is 10.6. The van der Waals surface area contributed by atoms with Gasteiger partial charge in [-0.15, -0.1) is 0 Å². The van der Waals surface area contributed by atoms with Crippen molar-refractivity contribution in [3.05, 3.63) is 48.5 Å². The van der Waals surface area contributed by atoms with E-state index in [0.29, 0.717) is 6.61 Å². The van der Waals surface area contributed by atoms with E-state index >= 15 is 0 Å². The molecule has 0 aliphatic carbocycles. The highest BCUT2D eigenvalue weighted by molar-refractivity contribution is 5.77. The molecule has 0 unspecified atom stereocenters. The van der Waals surface area contributed by atoms with E-state index < -0.39 is 0 Å². The van der Waals surface area contributed by atoms with Crippen LogP contribution in [0.25, 0.3) is 11.0 Å². The number of aromatic nitrogens is 2. The third kappa shape index (κ3) is 2.98. The van der Waals surface area contributed by atoms with Crippen molar-refractivity contribution in [2.75, 3.05) is 32.2 Å². The first-order valence-electron chi connectivity index (χ1n) is 7.19. The Bertz CT molecular complexity index is 721. The summed E-state index contributed by atoms with van der Waals surface area (Å²) in [5.41, 5.74) is 2.00. The minimum absolute atomic E-state index is 0.550. The molecule has 3 aromatic rings. The molecule has 3 rings (SSSR count). The van der Waals surface area contributed by atoms with Crippen molar-refractivity contribution in [3.8, 4) is 11.5 Å². The SMILES string of the molecule is COc1ccccc1OCCN(C)c1nc2ccccc2[nH]1. The van der Waals surface area contributed by atoms with Gasteiger partial charge in [-0.2, -0.15) is 0 Å². The summed E-state index contributed by atoms with van der Waals surface area (Å²) >= 11 is 0. The first-order valence-corrected chi connectivity index (χ1v) is 7.19. The smallest absolute Gasteiger partial charge is 0.203 e. The number of para-hydroxylation sites is 4. The van der Waals surface area contributed by atoms with Gasteiger partial charge in [-0.05, 0) is 24.3 Å². The van der Waals surface area contributed by atoms with E-state index in [2.05, 4.69) is 9.97 Å². The van der Waals surface area contributed by atoms with E-state index in [0.717, 1.165) is 35.0 Å². The van der Waals surface area contributed by atoms with E-state index in [1.54, 1.807) is 7.11 Å². The zero-order valence-corrected chi connectivity index (χ0v) is 12.7. The van der Waals surface area contributed by atoms with Gasteiger partial charge < -0.3 is 19.4 Å². The second-order valence-corrected chi connectivity index (χ2v) is 5.00. The second-order valence-electron chi connectivity index (χ2n) is 5.00. The number of nitrogens with one attached hydrogen (secondary N) is 1. The minimum Gasteiger partial charge on any atom is -0.493 e. The highest BCUT2D eigenvalue weighted by Gasteiger charge is 2.08. The molecule has 114 valence electrons. The molecule has 22 heavy (non-hydrogen) atoms. The van der Waals surface area contributed by atoms with Crippen LogP contribution >= 0.6 is 0 Å². The van der Waals surface area contributed by atoms with Crippen molar-refractivity contribution in [3.63, 3.8) is 0 Å². The molecule has 5 nitrogen and oxygen atoms in total. The molecule has 1 heterocycles. The molecule has 0 spiro atoms. The maximum atomic E-state index is 5.79. The highest BCUT2D eigenvalue weighted by atomic mass is 16.5. The van der Waals surface area contributed by atoms with Gasteiger partial charge in [-0.1, -0.05) is 24.3 Å². The largest absolute Gasteiger partial charge is 0.493 e. The average molecular weight is 297 g/mol. The summed E-state index contributed by atoms with van der Waals surface area (Å²) in [5, 5.41) is 0. The summed E-state index contributed by atoms with van der Waals surface area (Å²) in [6.07, 6.45) is 0. The van der Waals surface area contributed by atoms with Crippen LogP contribution in [0.1, 0.15) is 0 Å². The lowest BCUT2D eigenvalue weighted by Gasteiger charge is -2.17. The second kappa shape index (κ2) is 6.39. The Morgan fingerprint density at radius 1 is 1.05 bits per heavy atom. The number of likely N-dealkylation sites (N-methyl/N-ethyl adjacent to an activating group) is 1. The molecule has 0 radical (unpaired) electrons. The summed E-state index contributed by atoms with van der Waals surface area (Å²) in [5.74, 6) is 2.33. The van der Waals surface area contributed by atoms with Crippen LogP contribution in [0.3, 0.4) is 0 Å². The van der Waals surface area contributed by atoms with E-state index in [4.69, 9.17) is 9.47 Å². The van der Waals surface area contributed by atoms with Crippen LogP contribution in [0.5, 0.6) is 11.5 Å². The number of benzene rings is 2. The Morgan fingerprint density at radius 2 is 1.77 bits per heavy atom. The third-order valence-electron chi connectivity index (χ3n) is 3.49. The van der Waals surface area contributed by atoms with Gasteiger partial charge in [-0.25, -0.2) is 4.98 Å². The number of rotatable bonds is 6. The predicted octanol–water partition coefficient (Wildman–Crippen LogP) is 3.09. The lowest BCUT2D eigenvalue weighted by Crippen LogP contribution is -2.24. The Morgan fingerprint density at radius 3 is 2.55 bits per heavy atom. The van der Waals surface area contributed by atoms with E-state index in [1.165, 1.54) is 0 Å². The minimum atomic E-state index is 0.550. The van der Waals surface area contributed by atoms with Crippen molar-refractivity contribution < 1.29 is 9.47 Å². The number of hydrogen-bond acceptors (Lipinski definition) is 4. The van der Waals surface area contributed by atoms with Crippen molar-refractivity contribution in [1.82, 2.24) is 9.97 Å². The third-order valence-corrected chi connectivity index (χ3v) is 3.49. The standard InChI is InChI=1S/C17H19N3O2/c1-20(17-18-13-7-3-4-8-14(13)19-17)11-12-22-16-10-6-5-9-15(16)21-2/h3-10H,11-12H2,1-2H3,(H,18,19). The average Bonchev–Trinajstić information content (AvgIpc) is 2.99. The van der Waals surface area contributed by atoms with Gasteiger partial charge in [0.2, 0.25) is 5.95 Å². The van der Waals surface area contributed by atoms with Gasteiger partial charge in [0.05, 0.1) is 24.7 Å². The maximum absolute atomic E-state index is 5.79. The molecule has 0 atom stereocenters. The van der Waals surface area contributed by atoms with Crippen LogP contribution in [0.2, 0.25) is 0 Å². The fourth-order valence-corrected chi connectivity index (χ4v) is 2.26. The Hall–Kier alpha value is -2.69. The van der Waals surface area contributed by atoms with Crippen LogP contribution in [-0.4, -0.2) is 37.3 Å². The zero-order chi connectivity index (χ0) is 15.4. The molecular formula is C17H19N3O2. The van der Waals surface area contributed by atoms with E-state index in [9.17, 15) is 0 Å². The molecule has 0 bridgehead atoms. The van der Waals surface area contributed by atoms with Crippen molar-refractivity contribution in [1.29, 1.82) is 0 Å². The molecule has 1 aromatic heterocycles.